The van der Waals surface area contributed by atoms with Gasteiger partial charge < -0.3 is 9.84 Å². The molecule has 4 aromatic carbocycles. The van der Waals surface area contributed by atoms with Gasteiger partial charge in [0.15, 0.2) is 17.5 Å². The van der Waals surface area contributed by atoms with Crippen molar-refractivity contribution in [2.45, 2.75) is 5.60 Å². The van der Waals surface area contributed by atoms with Gasteiger partial charge in [-0.05, 0) is 23.3 Å². The van der Waals surface area contributed by atoms with E-state index in [4.69, 9.17) is 19.7 Å². The molecule has 36 heavy (non-hydrogen) atoms. The lowest BCUT2D eigenvalue weighted by Crippen LogP contribution is -2.24. The fourth-order valence-corrected chi connectivity index (χ4v) is 4.06. The summed E-state index contributed by atoms with van der Waals surface area (Å²) < 4.78 is 5.24. The number of nitrogens with zero attached hydrogens (tertiary/aromatic N) is 3. The van der Waals surface area contributed by atoms with E-state index in [-0.39, 0.29) is 0 Å². The molecule has 0 aliphatic carbocycles. The molecule has 1 N–H and O–H groups in total. The number of aliphatic hydroxyl groups is 1. The number of rotatable bonds is 7. The van der Waals surface area contributed by atoms with Gasteiger partial charge in [0.1, 0.15) is 11.4 Å². The van der Waals surface area contributed by atoms with E-state index in [1.807, 2.05) is 109 Å². The van der Waals surface area contributed by atoms with Crippen LogP contribution in [0.1, 0.15) is 11.1 Å². The minimum Gasteiger partial charge on any atom is -0.497 e. The molecule has 5 aromatic rings. The molecule has 1 aromatic heterocycles. The maximum atomic E-state index is 11.5. The predicted octanol–water partition coefficient (Wildman–Crippen LogP) is 6.30. The minimum atomic E-state index is -1.35. The fourth-order valence-electron chi connectivity index (χ4n) is 4.06. The van der Waals surface area contributed by atoms with E-state index < -0.39 is 5.60 Å². The van der Waals surface area contributed by atoms with Crippen molar-refractivity contribution in [3.8, 4) is 39.9 Å². The molecule has 0 bridgehead atoms. The molecule has 5 nitrogen and oxygen atoms in total. The normalized spacial score (nSPS) is 12.5. The van der Waals surface area contributed by atoms with Crippen molar-refractivity contribution < 1.29 is 9.84 Å². The summed E-state index contributed by atoms with van der Waals surface area (Å²) in [5.41, 5.74) is 2.67. The molecule has 0 saturated heterocycles. The van der Waals surface area contributed by atoms with Crippen molar-refractivity contribution in [3.63, 3.8) is 0 Å². The first-order valence-electron chi connectivity index (χ1n) is 11.6. The van der Waals surface area contributed by atoms with Gasteiger partial charge in [-0.3, -0.25) is 0 Å². The first kappa shape index (κ1) is 23.1. The summed E-state index contributed by atoms with van der Waals surface area (Å²) in [6.07, 6.45) is 1.54. The minimum absolute atomic E-state index is 0.556. The summed E-state index contributed by atoms with van der Waals surface area (Å²) in [6, 6.07) is 34.6. The average Bonchev–Trinajstić information content (AvgIpc) is 2.97. The summed E-state index contributed by atoms with van der Waals surface area (Å²) in [7, 11) is 1.61. The zero-order valence-electron chi connectivity index (χ0n) is 19.9. The average molecular weight is 472 g/mol. The van der Waals surface area contributed by atoms with Crippen LogP contribution >= 0.6 is 0 Å². The first-order chi connectivity index (χ1) is 17.6. The standard InChI is InChI=1S/C31H25N3O2/c1-3-31(35,26-18-20-27(36-2)21-19-26)25-16-14-24(15-17-25)30-33-28(22-10-6-4-7-11-22)32-29(34-30)23-12-8-5-9-13-23/h3-21,35H,1H2,2H3. The molecule has 0 fully saturated rings. The molecular formula is C31H25N3O2. The Labute approximate surface area is 210 Å². The van der Waals surface area contributed by atoms with Gasteiger partial charge in [-0.25, -0.2) is 15.0 Å². The number of hydrogen-bond acceptors (Lipinski definition) is 5. The van der Waals surface area contributed by atoms with Crippen LogP contribution in [-0.4, -0.2) is 27.2 Å². The lowest BCUT2D eigenvalue weighted by atomic mass is 9.86. The zero-order valence-corrected chi connectivity index (χ0v) is 19.9. The second-order valence-electron chi connectivity index (χ2n) is 8.31. The SMILES string of the molecule is C=CC(O)(c1ccc(OC)cc1)c1ccc(-c2nc(-c3ccccc3)nc(-c3ccccc3)n2)cc1. The van der Waals surface area contributed by atoms with Crippen LogP contribution in [0.5, 0.6) is 5.75 Å². The highest BCUT2D eigenvalue weighted by atomic mass is 16.5. The van der Waals surface area contributed by atoms with E-state index in [9.17, 15) is 5.11 Å². The number of ether oxygens (including phenoxy) is 1. The van der Waals surface area contributed by atoms with Crippen molar-refractivity contribution in [1.29, 1.82) is 0 Å². The summed E-state index contributed by atoms with van der Waals surface area (Å²) >= 11 is 0. The highest BCUT2D eigenvalue weighted by Crippen LogP contribution is 2.33. The topological polar surface area (TPSA) is 68.1 Å². The summed E-state index contributed by atoms with van der Waals surface area (Å²) in [6.45, 7) is 3.88. The first-order valence-corrected chi connectivity index (χ1v) is 11.6. The molecular weight excluding hydrogens is 446 g/mol. The van der Waals surface area contributed by atoms with Gasteiger partial charge in [0, 0.05) is 16.7 Å². The van der Waals surface area contributed by atoms with Crippen LogP contribution in [0.25, 0.3) is 34.2 Å². The Bertz CT molecular complexity index is 1410. The van der Waals surface area contributed by atoms with E-state index >= 15 is 0 Å². The maximum Gasteiger partial charge on any atom is 0.164 e. The van der Waals surface area contributed by atoms with Gasteiger partial charge in [-0.2, -0.15) is 0 Å². The van der Waals surface area contributed by atoms with Gasteiger partial charge in [-0.1, -0.05) is 110 Å². The third kappa shape index (κ3) is 4.52. The predicted molar refractivity (Wildman–Crippen MR) is 142 cm³/mol. The van der Waals surface area contributed by atoms with Crippen LogP contribution < -0.4 is 4.74 Å². The van der Waals surface area contributed by atoms with Crippen molar-refractivity contribution in [2.24, 2.45) is 0 Å². The van der Waals surface area contributed by atoms with Crippen LogP contribution in [0.15, 0.2) is 122 Å². The second-order valence-corrected chi connectivity index (χ2v) is 8.31. The van der Waals surface area contributed by atoms with Crippen LogP contribution in [0, 0.1) is 0 Å². The molecule has 0 amide bonds. The van der Waals surface area contributed by atoms with Crippen LogP contribution in [0.3, 0.4) is 0 Å². The lowest BCUT2D eigenvalue weighted by molar-refractivity contribution is 0.135. The number of benzene rings is 4. The molecule has 0 radical (unpaired) electrons. The molecule has 176 valence electrons. The monoisotopic (exact) mass is 471 g/mol. The van der Waals surface area contributed by atoms with Crippen LogP contribution in [-0.2, 0) is 5.60 Å². The van der Waals surface area contributed by atoms with E-state index in [1.54, 1.807) is 7.11 Å². The molecule has 5 heteroatoms. The molecule has 0 aliphatic heterocycles. The van der Waals surface area contributed by atoms with Crippen molar-refractivity contribution in [1.82, 2.24) is 15.0 Å². The molecule has 5 rings (SSSR count). The van der Waals surface area contributed by atoms with Crippen molar-refractivity contribution >= 4 is 0 Å². The van der Waals surface area contributed by atoms with Gasteiger partial charge >= 0.3 is 0 Å². The highest BCUT2D eigenvalue weighted by molar-refractivity contribution is 5.66. The molecule has 1 atom stereocenters. The Hall–Kier alpha value is -4.61. The fraction of sp³-hybridized carbons (Fsp3) is 0.0645. The molecule has 1 unspecified atom stereocenters. The van der Waals surface area contributed by atoms with Crippen molar-refractivity contribution in [2.75, 3.05) is 7.11 Å². The third-order valence-corrected chi connectivity index (χ3v) is 6.11. The highest BCUT2D eigenvalue weighted by Gasteiger charge is 2.28. The second kappa shape index (κ2) is 9.94. The molecule has 0 aliphatic rings. The lowest BCUT2D eigenvalue weighted by Gasteiger charge is -2.26. The quantitative estimate of drug-likeness (QED) is 0.282. The Morgan fingerprint density at radius 3 is 1.39 bits per heavy atom. The Morgan fingerprint density at radius 2 is 1.00 bits per heavy atom. The van der Waals surface area contributed by atoms with Crippen molar-refractivity contribution in [3.05, 3.63) is 133 Å². The molecule has 0 saturated carbocycles. The van der Waals surface area contributed by atoms with E-state index in [1.165, 1.54) is 6.08 Å². The van der Waals surface area contributed by atoms with Gasteiger partial charge in [-0.15, -0.1) is 0 Å². The van der Waals surface area contributed by atoms with E-state index in [0.717, 1.165) is 22.4 Å². The van der Waals surface area contributed by atoms with E-state index in [0.29, 0.717) is 28.6 Å². The maximum absolute atomic E-state index is 11.5. The van der Waals surface area contributed by atoms with Gasteiger partial charge in [0.05, 0.1) is 7.11 Å². The van der Waals surface area contributed by atoms with Crippen LogP contribution in [0.4, 0.5) is 0 Å². The Balaban J connectivity index is 1.56. The van der Waals surface area contributed by atoms with Gasteiger partial charge in [0.25, 0.3) is 0 Å². The molecule has 0 spiro atoms. The third-order valence-electron chi connectivity index (χ3n) is 6.11. The largest absolute Gasteiger partial charge is 0.497 e. The number of hydrogen-bond donors (Lipinski definition) is 1. The summed E-state index contributed by atoms with van der Waals surface area (Å²) in [5, 5.41) is 11.5. The number of methoxy groups -OCH3 is 1. The Morgan fingerprint density at radius 1 is 0.611 bits per heavy atom. The smallest absolute Gasteiger partial charge is 0.164 e. The molecule has 1 heterocycles. The van der Waals surface area contributed by atoms with Gasteiger partial charge in [0.2, 0.25) is 0 Å². The summed E-state index contributed by atoms with van der Waals surface area (Å²) in [5.74, 6) is 2.48. The van der Waals surface area contributed by atoms with Crippen LogP contribution in [0.2, 0.25) is 0 Å². The summed E-state index contributed by atoms with van der Waals surface area (Å²) in [4.78, 5) is 14.3. The number of aromatic nitrogens is 3. The van der Waals surface area contributed by atoms with E-state index in [2.05, 4.69) is 6.58 Å². The Kier molecular flexibility index (Phi) is 6.39. The zero-order chi connectivity index (χ0) is 25.0.